The summed E-state index contributed by atoms with van der Waals surface area (Å²) in [4.78, 5) is 2.45. The normalized spacial score (nSPS) is 18.9. The van der Waals surface area contributed by atoms with E-state index in [0.717, 1.165) is 44.9 Å². The summed E-state index contributed by atoms with van der Waals surface area (Å²) in [6.45, 7) is 4.37. The molecule has 1 aliphatic heterocycles. The molecule has 2 aromatic heterocycles. The molecule has 0 saturated carbocycles. The van der Waals surface area contributed by atoms with Crippen LogP contribution in [0.5, 0.6) is 0 Å². The Labute approximate surface area is 146 Å². The van der Waals surface area contributed by atoms with Crippen LogP contribution in [-0.4, -0.2) is 44.9 Å². The summed E-state index contributed by atoms with van der Waals surface area (Å²) in [5, 5.41) is 13.5. The van der Waals surface area contributed by atoms with Crippen molar-refractivity contribution in [2.75, 3.05) is 19.7 Å². The van der Waals surface area contributed by atoms with Crippen LogP contribution in [0.3, 0.4) is 0 Å². The van der Waals surface area contributed by atoms with Crippen molar-refractivity contribution < 1.29 is 4.74 Å². The molecule has 1 fully saturated rings. The van der Waals surface area contributed by atoms with Gasteiger partial charge in [-0.3, -0.25) is 4.90 Å². The fourth-order valence-electron chi connectivity index (χ4n) is 3.48. The monoisotopic (exact) mass is 335 g/mol. The quantitative estimate of drug-likeness (QED) is 0.734. The summed E-state index contributed by atoms with van der Waals surface area (Å²) >= 11 is 0. The molecule has 128 valence electrons. The van der Waals surface area contributed by atoms with Crippen molar-refractivity contribution in [3.63, 3.8) is 0 Å². The van der Waals surface area contributed by atoms with Crippen LogP contribution in [0, 0.1) is 11.3 Å². The lowest BCUT2D eigenvalue weighted by Gasteiger charge is -2.24. The van der Waals surface area contributed by atoms with Gasteiger partial charge in [0.2, 0.25) is 0 Å². The minimum Gasteiger partial charge on any atom is -0.375 e. The first-order valence-corrected chi connectivity index (χ1v) is 8.64. The van der Waals surface area contributed by atoms with Crippen molar-refractivity contribution in [1.82, 2.24) is 19.1 Å². The van der Waals surface area contributed by atoms with E-state index in [0.29, 0.717) is 5.56 Å². The molecular weight excluding hydrogens is 314 g/mol. The fraction of sp³-hybridized carbons (Fsp3) is 0.368. The van der Waals surface area contributed by atoms with Gasteiger partial charge in [-0.05, 0) is 12.0 Å². The third-order valence-corrected chi connectivity index (χ3v) is 4.63. The highest BCUT2D eigenvalue weighted by atomic mass is 16.5. The van der Waals surface area contributed by atoms with Gasteiger partial charge in [0.25, 0.3) is 0 Å². The zero-order valence-corrected chi connectivity index (χ0v) is 14.1. The molecule has 1 saturated heterocycles. The zero-order chi connectivity index (χ0) is 17.1. The summed E-state index contributed by atoms with van der Waals surface area (Å²) < 4.78 is 9.89. The predicted octanol–water partition coefficient (Wildman–Crippen LogP) is 2.30. The van der Waals surface area contributed by atoms with Crippen molar-refractivity contribution in [2.45, 2.75) is 25.6 Å². The Bertz CT molecular complexity index is 876. The number of ether oxygens (including phenoxy) is 1. The van der Waals surface area contributed by atoms with Crippen LogP contribution in [-0.2, 0) is 17.8 Å². The van der Waals surface area contributed by atoms with E-state index in [2.05, 4.69) is 44.9 Å². The molecule has 3 heterocycles. The lowest BCUT2D eigenvalue weighted by molar-refractivity contribution is 0.0422. The number of benzene rings is 1. The highest BCUT2D eigenvalue weighted by Gasteiger charge is 2.21. The molecule has 6 nitrogen and oxygen atoms in total. The first-order valence-electron chi connectivity index (χ1n) is 8.64. The number of nitrogens with zero attached hydrogens (tertiary/aromatic N) is 5. The molecule has 1 atom stereocenters. The lowest BCUT2D eigenvalue weighted by Crippen LogP contribution is -2.33. The maximum absolute atomic E-state index is 9.27. The van der Waals surface area contributed by atoms with Gasteiger partial charge >= 0.3 is 0 Å². The van der Waals surface area contributed by atoms with Gasteiger partial charge in [0.15, 0.2) is 5.65 Å². The number of fused-ring (bicyclic) bond motifs is 1. The minimum atomic E-state index is 0.101. The van der Waals surface area contributed by atoms with Gasteiger partial charge in [-0.2, -0.15) is 10.4 Å². The Morgan fingerprint density at radius 3 is 2.96 bits per heavy atom. The number of rotatable bonds is 4. The molecule has 4 rings (SSSR count). The molecule has 3 aromatic rings. The van der Waals surface area contributed by atoms with E-state index < -0.39 is 0 Å². The predicted molar refractivity (Wildman–Crippen MR) is 94.0 cm³/mol. The van der Waals surface area contributed by atoms with Crippen LogP contribution < -0.4 is 0 Å². The Kier molecular flexibility index (Phi) is 4.51. The second-order valence-corrected chi connectivity index (χ2v) is 6.46. The Morgan fingerprint density at radius 2 is 2.12 bits per heavy atom. The van der Waals surface area contributed by atoms with Gasteiger partial charge in [0.1, 0.15) is 11.6 Å². The van der Waals surface area contributed by atoms with Gasteiger partial charge in [-0.1, -0.05) is 30.3 Å². The SMILES string of the molecule is N#Cc1cnn2ccn(C[C@H]3CN(Cc4ccccc4)CCCO3)c12. The van der Waals surface area contributed by atoms with E-state index in [-0.39, 0.29) is 6.10 Å². The lowest BCUT2D eigenvalue weighted by atomic mass is 10.2. The van der Waals surface area contributed by atoms with Crippen LogP contribution in [0.25, 0.3) is 5.65 Å². The van der Waals surface area contributed by atoms with Gasteiger partial charge in [-0.25, -0.2) is 4.52 Å². The maximum atomic E-state index is 9.27. The summed E-state index contributed by atoms with van der Waals surface area (Å²) in [5.74, 6) is 0. The van der Waals surface area contributed by atoms with Crippen LogP contribution in [0.15, 0.2) is 48.9 Å². The minimum absolute atomic E-state index is 0.101. The maximum Gasteiger partial charge on any atom is 0.153 e. The molecule has 0 unspecified atom stereocenters. The molecule has 0 radical (unpaired) electrons. The Hall–Kier alpha value is -2.62. The molecule has 1 aliphatic rings. The molecule has 1 aromatic carbocycles. The van der Waals surface area contributed by atoms with Gasteiger partial charge in [0.05, 0.1) is 18.8 Å². The van der Waals surface area contributed by atoms with E-state index in [1.54, 1.807) is 10.7 Å². The van der Waals surface area contributed by atoms with Crippen LogP contribution in [0.1, 0.15) is 17.5 Å². The fourth-order valence-corrected chi connectivity index (χ4v) is 3.48. The van der Waals surface area contributed by atoms with Crippen LogP contribution in [0.2, 0.25) is 0 Å². The number of nitriles is 1. The molecule has 0 bridgehead atoms. The van der Waals surface area contributed by atoms with E-state index in [4.69, 9.17) is 4.74 Å². The smallest absolute Gasteiger partial charge is 0.153 e. The average Bonchev–Trinajstić information content (AvgIpc) is 3.14. The van der Waals surface area contributed by atoms with Crippen molar-refractivity contribution >= 4 is 5.65 Å². The topological polar surface area (TPSA) is 58.5 Å². The second-order valence-electron chi connectivity index (χ2n) is 6.46. The number of hydrogen-bond donors (Lipinski definition) is 0. The summed E-state index contributed by atoms with van der Waals surface area (Å²) in [5.41, 5.74) is 2.76. The van der Waals surface area contributed by atoms with Gasteiger partial charge < -0.3 is 9.30 Å². The second kappa shape index (κ2) is 7.09. The standard InChI is InChI=1S/C19H21N5O/c20-11-17-12-21-24-9-8-23(19(17)24)15-18-14-22(7-4-10-25-18)13-16-5-2-1-3-6-16/h1-3,5-6,8-9,12,18H,4,7,10,13-15H2/t18-/m1/s1. The zero-order valence-electron chi connectivity index (χ0n) is 14.1. The van der Waals surface area contributed by atoms with Gasteiger partial charge in [0, 0.05) is 38.6 Å². The van der Waals surface area contributed by atoms with Gasteiger partial charge in [-0.15, -0.1) is 0 Å². The first kappa shape index (κ1) is 15.9. The largest absolute Gasteiger partial charge is 0.375 e. The summed E-state index contributed by atoms with van der Waals surface area (Å²) in [6.07, 6.45) is 6.61. The Morgan fingerprint density at radius 1 is 1.24 bits per heavy atom. The molecule has 0 spiro atoms. The van der Waals surface area contributed by atoms with E-state index in [1.807, 2.05) is 18.5 Å². The highest BCUT2D eigenvalue weighted by Crippen LogP contribution is 2.16. The average molecular weight is 335 g/mol. The third kappa shape index (κ3) is 3.43. The highest BCUT2D eigenvalue weighted by molar-refractivity contribution is 5.55. The first-order chi connectivity index (χ1) is 12.3. The summed E-state index contributed by atoms with van der Waals surface area (Å²) in [7, 11) is 0. The number of aromatic nitrogens is 3. The van der Waals surface area contributed by atoms with Crippen molar-refractivity contribution in [1.29, 1.82) is 5.26 Å². The molecule has 0 aliphatic carbocycles. The van der Waals surface area contributed by atoms with Crippen LogP contribution in [0.4, 0.5) is 0 Å². The van der Waals surface area contributed by atoms with E-state index in [1.165, 1.54) is 5.56 Å². The molecule has 0 amide bonds. The van der Waals surface area contributed by atoms with Crippen molar-refractivity contribution in [2.24, 2.45) is 0 Å². The Balaban J connectivity index is 1.49. The van der Waals surface area contributed by atoms with Crippen molar-refractivity contribution in [3.8, 4) is 6.07 Å². The van der Waals surface area contributed by atoms with E-state index >= 15 is 0 Å². The number of hydrogen-bond acceptors (Lipinski definition) is 4. The van der Waals surface area contributed by atoms with E-state index in [9.17, 15) is 5.26 Å². The molecule has 25 heavy (non-hydrogen) atoms. The van der Waals surface area contributed by atoms with Crippen molar-refractivity contribution in [3.05, 3.63) is 60.0 Å². The summed E-state index contributed by atoms with van der Waals surface area (Å²) in [6, 6.07) is 12.8. The molecular formula is C19H21N5O. The van der Waals surface area contributed by atoms with Crippen LogP contribution >= 0.6 is 0 Å². The molecule has 0 N–H and O–H groups in total. The molecule has 6 heteroatoms. The third-order valence-electron chi connectivity index (χ3n) is 4.63. The number of imidazole rings is 1.